The van der Waals surface area contributed by atoms with Crippen LogP contribution in [0, 0.1) is 11.8 Å². The van der Waals surface area contributed by atoms with E-state index in [4.69, 9.17) is 0 Å². The molecule has 17 heavy (non-hydrogen) atoms. The Morgan fingerprint density at radius 2 is 1.94 bits per heavy atom. The lowest BCUT2D eigenvalue weighted by Crippen LogP contribution is -2.47. The van der Waals surface area contributed by atoms with Gasteiger partial charge in [0.05, 0.1) is 0 Å². The fourth-order valence-electron chi connectivity index (χ4n) is 3.80. The fourth-order valence-corrected chi connectivity index (χ4v) is 3.80. The van der Waals surface area contributed by atoms with Gasteiger partial charge in [0.15, 0.2) is 0 Å². The SMILES string of the molecule is CC1CCC(CN2CCCC(NC3CC3)C2)C1. The Morgan fingerprint density at radius 3 is 2.65 bits per heavy atom. The predicted octanol–water partition coefficient (Wildman–Crippen LogP) is 2.64. The van der Waals surface area contributed by atoms with Crippen molar-refractivity contribution in [1.82, 2.24) is 10.2 Å². The van der Waals surface area contributed by atoms with E-state index < -0.39 is 0 Å². The second kappa shape index (κ2) is 5.27. The van der Waals surface area contributed by atoms with Crippen molar-refractivity contribution in [3.63, 3.8) is 0 Å². The van der Waals surface area contributed by atoms with Gasteiger partial charge in [-0.15, -0.1) is 0 Å². The highest BCUT2D eigenvalue weighted by atomic mass is 15.2. The fraction of sp³-hybridized carbons (Fsp3) is 1.00. The molecule has 3 atom stereocenters. The van der Waals surface area contributed by atoms with Gasteiger partial charge < -0.3 is 10.2 Å². The summed E-state index contributed by atoms with van der Waals surface area (Å²) in [4.78, 5) is 2.74. The normalized spacial score (nSPS) is 39.7. The summed E-state index contributed by atoms with van der Waals surface area (Å²) >= 11 is 0. The highest BCUT2D eigenvalue weighted by molar-refractivity contribution is 4.88. The Balaban J connectivity index is 1.42. The van der Waals surface area contributed by atoms with Crippen molar-refractivity contribution >= 4 is 0 Å². The van der Waals surface area contributed by atoms with Crippen LogP contribution in [0.4, 0.5) is 0 Å². The van der Waals surface area contributed by atoms with Gasteiger partial charge in [-0.1, -0.05) is 13.3 Å². The summed E-state index contributed by atoms with van der Waals surface area (Å²) in [6, 6.07) is 1.68. The highest BCUT2D eigenvalue weighted by Crippen LogP contribution is 2.31. The Hall–Kier alpha value is -0.0800. The summed E-state index contributed by atoms with van der Waals surface area (Å²) in [7, 11) is 0. The average molecular weight is 236 g/mol. The smallest absolute Gasteiger partial charge is 0.0198 e. The first-order valence-electron chi connectivity index (χ1n) is 7.78. The molecule has 1 aliphatic heterocycles. The molecule has 1 heterocycles. The Kier molecular flexibility index (Phi) is 3.72. The minimum atomic E-state index is 0.801. The zero-order valence-electron chi connectivity index (χ0n) is 11.3. The molecule has 2 heteroatoms. The maximum Gasteiger partial charge on any atom is 0.0198 e. The molecule has 0 bridgehead atoms. The number of piperidine rings is 1. The van der Waals surface area contributed by atoms with E-state index >= 15 is 0 Å². The topological polar surface area (TPSA) is 15.3 Å². The monoisotopic (exact) mass is 236 g/mol. The summed E-state index contributed by atoms with van der Waals surface area (Å²) in [5, 5.41) is 3.81. The third-order valence-electron chi connectivity index (χ3n) is 4.87. The zero-order valence-corrected chi connectivity index (χ0v) is 11.3. The molecule has 1 saturated heterocycles. The summed E-state index contributed by atoms with van der Waals surface area (Å²) in [5.41, 5.74) is 0. The van der Waals surface area contributed by atoms with Gasteiger partial charge in [0.25, 0.3) is 0 Å². The first kappa shape index (κ1) is 12.0. The number of nitrogens with one attached hydrogen (secondary N) is 1. The number of hydrogen-bond acceptors (Lipinski definition) is 2. The van der Waals surface area contributed by atoms with E-state index in [-0.39, 0.29) is 0 Å². The van der Waals surface area contributed by atoms with Gasteiger partial charge in [0.1, 0.15) is 0 Å². The van der Waals surface area contributed by atoms with Gasteiger partial charge in [0.2, 0.25) is 0 Å². The Bertz CT molecular complexity index is 249. The molecule has 3 aliphatic rings. The standard InChI is InChI=1S/C15H28N2/c1-12-4-5-13(9-12)10-17-8-2-3-15(11-17)16-14-6-7-14/h12-16H,2-11H2,1H3. The van der Waals surface area contributed by atoms with E-state index in [1.807, 2.05) is 0 Å². The molecule has 0 spiro atoms. The summed E-state index contributed by atoms with van der Waals surface area (Å²) < 4.78 is 0. The second-order valence-corrected chi connectivity index (χ2v) is 6.82. The van der Waals surface area contributed by atoms with Crippen molar-refractivity contribution in [1.29, 1.82) is 0 Å². The molecule has 0 radical (unpaired) electrons. The molecular weight excluding hydrogens is 208 g/mol. The van der Waals surface area contributed by atoms with Crippen molar-refractivity contribution in [3.8, 4) is 0 Å². The van der Waals surface area contributed by atoms with Crippen LogP contribution in [0.15, 0.2) is 0 Å². The van der Waals surface area contributed by atoms with Gasteiger partial charge >= 0.3 is 0 Å². The van der Waals surface area contributed by atoms with E-state index in [9.17, 15) is 0 Å². The van der Waals surface area contributed by atoms with Crippen LogP contribution in [-0.4, -0.2) is 36.6 Å². The minimum Gasteiger partial charge on any atom is -0.310 e. The number of rotatable bonds is 4. The average Bonchev–Trinajstić information content (AvgIpc) is 3.02. The molecule has 98 valence electrons. The predicted molar refractivity (Wildman–Crippen MR) is 72.1 cm³/mol. The lowest BCUT2D eigenvalue weighted by Gasteiger charge is -2.34. The number of hydrogen-bond donors (Lipinski definition) is 1. The lowest BCUT2D eigenvalue weighted by atomic mass is 10.0. The highest BCUT2D eigenvalue weighted by Gasteiger charge is 2.29. The lowest BCUT2D eigenvalue weighted by molar-refractivity contribution is 0.164. The van der Waals surface area contributed by atoms with Crippen LogP contribution in [-0.2, 0) is 0 Å². The summed E-state index contributed by atoms with van der Waals surface area (Å²) in [5.74, 6) is 2.00. The molecule has 1 N–H and O–H groups in total. The summed E-state index contributed by atoms with van der Waals surface area (Å²) in [6.07, 6.45) is 10.1. The molecule has 2 aliphatic carbocycles. The van der Waals surface area contributed by atoms with E-state index in [2.05, 4.69) is 17.1 Å². The van der Waals surface area contributed by atoms with E-state index in [0.717, 1.165) is 23.9 Å². The van der Waals surface area contributed by atoms with Crippen LogP contribution in [0.5, 0.6) is 0 Å². The third kappa shape index (κ3) is 3.45. The molecule has 2 saturated carbocycles. The van der Waals surface area contributed by atoms with Crippen LogP contribution in [0.3, 0.4) is 0 Å². The molecule has 3 unspecified atom stereocenters. The molecule has 3 rings (SSSR count). The van der Waals surface area contributed by atoms with E-state index in [1.165, 1.54) is 64.6 Å². The molecule has 0 aromatic carbocycles. The van der Waals surface area contributed by atoms with Crippen LogP contribution in [0.2, 0.25) is 0 Å². The van der Waals surface area contributed by atoms with Crippen molar-refractivity contribution in [2.45, 2.75) is 64.0 Å². The number of likely N-dealkylation sites (tertiary alicyclic amines) is 1. The second-order valence-electron chi connectivity index (χ2n) is 6.82. The molecule has 0 aromatic heterocycles. The summed E-state index contributed by atoms with van der Waals surface area (Å²) in [6.45, 7) is 6.48. The van der Waals surface area contributed by atoms with Gasteiger partial charge in [-0.05, 0) is 56.9 Å². The first-order chi connectivity index (χ1) is 8.29. The quantitative estimate of drug-likeness (QED) is 0.807. The molecular formula is C15H28N2. The minimum absolute atomic E-state index is 0.801. The molecule has 2 nitrogen and oxygen atoms in total. The van der Waals surface area contributed by atoms with Gasteiger partial charge in [-0.25, -0.2) is 0 Å². The van der Waals surface area contributed by atoms with Crippen LogP contribution < -0.4 is 5.32 Å². The first-order valence-corrected chi connectivity index (χ1v) is 7.78. The Labute approximate surface area is 106 Å². The zero-order chi connectivity index (χ0) is 11.7. The van der Waals surface area contributed by atoms with E-state index in [1.54, 1.807) is 0 Å². The van der Waals surface area contributed by atoms with Crippen molar-refractivity contribution in [2.24, 2.45) is 11.8 Å². The maximum atomic E-state index is 3.81. The molecule has 3 fully saturated rings. The van der Waals surface area contributed by atoms with Gasteiger partial charge in [-0.3, -0.25) is 0 Å². The van der Waals surface area contributed by atoms with Crippen LogP contribution in [0.25, 0.3) is 0 Å². The van der Waals surface area contributed by atoms with Crippen molar-refractivity contribution < 1.29 is 0 Å². The van der Waals surface area contributed by atoms with Gasteiger partial charge in [-0.2, -0.15) is 0 Å². The van der Waals surface area contributed by atoms with Crippen molar-refractivity contribution in [2.75, 3.05) is 19.6 Å². The van der Waals surface area contributed by atoms with Crippen LogP contribution in [0.1, 0.15) is 51.9 Å². The number of nitrogens with zero attached hydrogens (tertiary/aromatic N) is 1. The van der Waals surface area contributed by atoms with E-state index in [0.29, 0.717) is 0 Å². The largest absolute Gasteiger partial charge is 0.310 e. The third-order valence-corrected chi connectivity index (χ3v) is 4.87. The van der Waals surface area contributed by atoms with Gasteiger partial charge in [0, 0.05) is 25.2 Å². The van der Waals surface area contributed by atoms with Crippen molar-refractivity contribution in [3.05, 3.63) is 0 Å². The van der Waals surface area contributed by atoms with Crippen LogP contribution >= 0.6 is 0 Å². The maximum absolute atomic E-state index is 3.81. The Morgan fingerprint density at radius 1 is 1.06 bits per heavy atom. The molecule has 0 amide bonds. The molecule has 0 aromatic rings.